The molecule has 0 aromatic heterocycles. The van der Waals surface area contributed by atoms with E-state index in [2.05, 4.69) is 19.9 Å². The minimum Gasteiger partial charge on any atom is -0.299 e. The fourth-order valence-corrected chi connectivity index (χ4v) is 7.15. The van der Waals surface area contributed by atoms with Gasteiger partial charge in [-0.25, -0.2) is 0 Å². The summed E-state index contributed by atoms with van der Waals surface area (Å²) >= 11 is 0. The fraction of sp³-hybridized carbons (Fsp3) is 0.900. The van der Waals surface area contributed by atoms with Crippen molar-refractivity contribution in [2.45, 2.75) is 71.6 Å². The summed E-state index contributed by atoms with van der Waals surface area (Å²) in [6.45, 7) is 4.80. The summed E-state index contributed by atoms with van der Waals surface area (Å²) in [6.07, 6.45) is 10.5. The van der Waals surface area contributed by atoms with Gasteiger partial charge in [0.25, 0.3) is 0 Å². The van der Waals surface area contributed by atoms with E-state index in [9.17, 15) is 10.1 Å². The van der Waals surface area contributed by atoms with Crippen LogP contribution in [0.15, 0.2) is 0 Å². The van der Waals surface area contributed by atoms with Crippen molar-refractivity contribution in [3.8, 4) is 6.07 Å². The van der Waals surface area contributed by atoms with E-state index in [0.717, 1.165) is 49.9 Å². The van der Waals surface area contributed by atoms with E-state index in [1.54, 1.807) is 0 Å². The van der Waals surface area contributed by atoms with Crippen molar-refractivity contribution in [3.63, 3.8) is 0 Å². The van der Waals surface area contributed by atoms with E-state index in [-0.39, 0.29) is 5.41 Å². The van der Waals surface area contributed by atoms with Crippen LogP contribution in [0.1, 0.15) is 71.6 Å². The van der Waals surface area contributed by atoms with Gasteiger partial charge in [0.1, 0.15) is 5.78 Å². The minimum absolute atomic E-state index is 0.00815. The molecule has 4 aliphatic carbocycles. The quantitative estimate of drug-likeness (QED) is 0.648. The van der Waals surface area contributed by atoms with Gasteiger partial charge >= 0.3 is 0 Å². The normalized spacial score (nSPS) is 54.0. The van der Waals surface area contributed by atoms with Crippen LogP contribution in [-0.2, 0) is 4.79 Å². The largest absolute Gasteiger partial charge is 0.299 e. The lowest BCUT2D eigenvalue weighted by atomic mass is 9.45. The van der Waals surface area contributed by atoms with Crippen molar-refractivity contribution in [1.82, 2.24) is 0 Å². The van der Waals surface area contributed by atoms with Gasteiger partial charge < -0.3 is 0 Å². The number of carbonyl (C=O) groups is 1. The lowest BCUT2D eigenvalue weighted by molar-refractivity contribution is -0.139. The molecular formula is C20H29NO. The lowest BCUT2D eigenvalue weighted by Crippen LogP contribution is -2.53. The molecule has 0 amide bonds. The van der Waals surface area contributed by atoms with Gasteiger partial charge in [-0.2, -0.15) is 5.26 Å². The molecule has 0 aliphatic heterocycles. The number of fused-ring (bicyclic) bond motifs is 5. The van der Waals surface area contributed by atoms with Gasteiger partial charge in [0.05, 0.1) is 6.07 Å². The molecule has 4 rings (SSSR count). The first-order valence-electron chi connectivity index (χ1n) is 9.42. The van der Waals surface area contributed by atoms with E-state index in [0.29, 0.717) is 23.0 Å². The van der Waals surface area contributed by atoms with Crippen molar-refractivity contribution in [2.24, 2.45) is 40.4 Å². The molecule has 4 fully saturated rings. The average molecular weight is 299 g/mol. The van der Waals surface area contributed by atoms with Crippen molar-refractivity contribution >= 4 is 5.78 Å². The summed E-state index contributed by atoms with van der Waals surface area (Å²) in [7, 11) is 0. The van der Waals surface area contributed by atoms with Crippen molar-refractivity contribution < 1.29 is 4.79 Å². The second-order valence-corrected chi connectivity index (χ2v) is 9.18. The average Bonchev–Trinajstić information content (AvgIpc) is 2.82. The van der Waals surface area contributed by atoms with Gasteiger partial charge in [-0.1, -0.05) is 13.8 Å². The van der Waals surface area contributed by atoms with E-state index < -0.39 is 0 Å². The van der Waals surface area contributed by atoms with Gasteiger partial charge in [0.2, 0.25) is 0 Å². The number of hydrogen-bond acceptors (Lipinski definition) is 2. The maximum Gasteiger partial charge on any atom is 0.139 e. The van der Waals surface area contributed by atoms with Gasteiger partial charge in [-0.15, -0.1) is 0 Å². The van der Waals surface area contributed by atoms with Crippen LogP contribution in [0.25, 0.3) is 0 Å². The van der Waals surface area contributed by atoms with Crippen LogP contribution in [0, 0.1) is 51.8 Å². The third kappa shape index (κ3) is 1.81. The summed E-state index contributed by atoms with van der Waals surface area (Å²) in [5, 5.41) is 9.30. The third-order valence-corrected chi connectivity index (χ3v) is 8.56. The van der Waals surface area contributed by atoms with E-state index in [4.69, 9.17) is 0 Å². The van der Waals surface area contributed by atoms with Crippen LogP contribution in [0.4, 0.5) is 0 Å². The molecule has 0 N–H and O–H groups in total. The molecule has 0 heterocycles. The number of nitrogens with zero attached hydrogens (tertiary/aromatic N) is 1. The number of nitriles is 1. The topological polar surface area (TPSA) is 40.9 Å². The molecule has 0 radical (unpaired) electrons. The Morgan fingerprint density at radius 3 is 2.64 bits per heavy atom. The van der Waals surface area contributed by atoms with Crippen LogP contribution >= 0.6 is 0 Å². The lowest BCUT2D eigenvalue weighted by Gasteiger charge is -2.60. The van der Waals surface area contributed by atoms with Crippen LogP contribution < -0.4 is 0 Å². The van der Waals surface area contributed by atoms with Gasteiger partial charge in [0.15, 0.2) is 0 Å². The Bertz CT molecular complexity index is 534. The molecule has 0 aromatic carbocycles. The molecule has 0 bridgehead atoms. The number of rotatable bonds is 0. The highest BCUT2D eigenvalue weighted by Gasteiger charge is 2.60. The molecule has 7 unspecified atom stereocenters. The van der Waals surface area contributed by atoms with Gasteiger partial charge in [-0.3, -0.25) is 4.79 Å². The molecule has 0 aromatic rings. The number of Topliss-reactive ketones (excluding diaryl/α,β-unsaturated/α-hetero) is 1. The molecule has 7 atom stereocenters. The number of carbonyl (C=O) groups excluding carboxylic acids is 1. The number of ketones is 1. The van der Waals surface area contributed by atoms with Crippen molar-refractivity contribution in [2.75, 3.05) is 0 Å². The Hall–Kier alpha value is -0.840. The van der Waals surface area contributed by atoms with Crippen LogP contribution in [0.3, 0.4) is 0 Å². The van der Waals surface area contributed by atoms with Crippen molar-refractivity contribution in [1.29, 1.82) is 5.26 Å². The third-order valence-electron chi connectivity index (χ3n) is 8.56. The Morgan fingerprint density at radius 2 is 1.86 bits per heavy atom. The van der Waals surface area contributed by atoms with Gasteiger partial charge in [0, 0.05) is 17.8 Å². The zero-order chi connectivity index (χ0) is 15.5. The number of hydrogen-bond donors (Lipinski definition) is 0. The molecule has 0 spiro atoms. The highest BCUT2D eigenvalue weighted by molar-refractivity contribution is 5.87. The summed E-state index contributed by atoms with van der Waals surface area (Å²) in [5.74, 6) is 3.87. The SMILES string of the molecule is CC12CCC3C(CCC4CC(C#N)CCC43C)C1CCC2=O. The Morgan fingerprint density at radius 1 is 1.05 bits per heavy atom. The Kier molecular flexibility index (Phi) is 3.23. The minimum atomic E-state index is 0.00815. The van der Waals surface area contributed by atoms with E-state index in [1.165, 1.54) is 25.7 Å². The predicted octanol–water partition coefficient (Wildman–Crippen LogP) is 4.74. The molecule has 4 aliphatic rings. The first-order valence-corrected chi connectivity index (χ1v) is 9.42. The molecule has 2 nitrogen and oxygen atoms in total. The van der Waals surface area contributed by atoms with Crippen molar-refractivity contribution in [3.05, 3.63) is 0 Å². The second kappa shape index (κ2) is 4.83. The van der Waals surface area contributed by atoms with Crippen LogP contribution in [-0.4, -0.2) is 5.78 Å². The highest BCUT2D eigenvalue weighted by Crippen LogP contribution is 2.65. The fourth-order valence-electron chi connectivity index (χ4n) is 7.15. The standard InChI is InChI=1S/C20H29NO/c1-19-9-7-13(12-21)11-14(19)3-4-15-16-5-6-18(22)20(16,2)10-8-17(15)19/h13-17H,3-11H2,1-2H3. The molecule has 4 saturated carbocycles. The van der Waals surface area contributed by atoms with E-state index >= 15 is 0 Å². The Balaban J connectivity index is 1.62. The summed E-state index contributed by atoms with van der Waals surface area (Å²) < 4.78 is 0. The monoisotopic (exact) mass is 299 g/mol. The summed E-state index contributed by atoms with van der Waals surface area (Å²) in [4.78, 5) is 12.4. The van der Waals surface area contributed by atoms with Crippen LogP contribution in [0.2, 0.25) is 0 Å². The first kappa shape index (κ1) is 14.7. The zero-order valence-electron chi connectivity index (χ0n) is 14.1. The second-order valence-electron chi connectivity index (χ2n) is 9.18. The maximum atomic E-state index is 12.4. The van der Waals surface area contributed by atoms with E-state index in [1.807, 2.05) is 0 Å². The summed E-state index contributed by atoms with van der Waals surface area (Å²) in [6, 6.07) is 2.53. The maximum absolute atomic E-state index is 12.4. The first-order chi connectivity index (χ1) is 10.5. The summed E-state index contributed by atoms with van der Waals surface area (Å²) in [5.41, 5.74) is 0.456. The van der Waals surface area contributed by atoms with Crippen LogP contribution in [0.5, 0.6) is 0 Å². The van der Waals surface area contributed by atoms with Gasteiger partial charge in [-0.05, 0) is 80.5 Å². The predicted molar refractivity (Wildman–Crippen MR) is 85.8 cm³/mol. The molecule has 0 saturated heterocycles. The highest BCUT2D eigenvalue weighted by atomic mass is 16.1. The molecule has 2 heteroatoms. The molecular weight excluding hydrogens is 270 g/mol. The molecule has 120 valence electrons. The smallest absolute Gasteiger partial charge is 0.139 e. The Labute approximate surface area is 134 Å². The zero-order valence-corrected chi connectivity index (χ0v) is 14.1. The molecule has 22 heavy (non-hydrogen) atoms.